The van der Waals surface area contributed by atoms with Crippen LogP contribution in [0.25, 0.3) is 11.1 Å². The molecule has 2 aromatic rings. The number of aromatic hydroxyl groups is 1. The van der Waals surface area contributed by atoms with Crippen molar-refractivity contribution in [1.29, 1.82) is 0 Å². The van der Waals surface area contributed by atoms with Gasteiger partial charge in [-0.25, -0.2) is 9.18 Å². The highest BCUT2D eigenvalue weighted by atomic mass is 19.1. The monoisotopic (exact) mass is 246 g/mol. The molecule has 92 valence electrons. The number of carboxylic acids is 1. The summed E-state index contributed by atoms with van der Waals surface area (Å²) in [5, 5.41) is 18.3. The summed E-state index contributed by atoms with van der Waals surface area (Å²) in [5.41, 5.74) is 1.28. The fraction of sp³-hybridized carbons (Fsp3) is 0.0714. The molecule has 0 unspecified atom stereocenters. The van der Waals surface area contributed by atoms with Crippen LogP contribution in [0.3, 0.4) is 0 Å². The second kappa shape index (κ2) is 4.49. The molecule has 0 saturated heterocycles. The average molecular weight is 246 g/mol. The molecule has 2 aromatic carbocycles. The Bertz CT molecular complexity index is 620. The quantitative estimate of drug-likeness (QED) is 0.855. The standard InChI is InChI=1S/C14H11FO3/c1-8-12(9-3-2-4-11(16)5-9)6-10(14(17)18)7-13(8)15/h2-7,16H,1H3,(H,17,18). The lowest BCUT2D eigenvalue weighted by Crippen LogP contribution is -2.00. The van der Waals surface area contributed by atoms with Crippen LogP contribution in [-0.2, 0) is 0 Å². The molecule has 0 atom stereocenters. The first kappa shape index (κ1) is 12.1. The van der Waals surface area contributed by atoms with Gasteiger partial charge in [-0.3, -0.25) is 0 Å². The Morgan fingerprint density at radius 3 is 2.56 bits per heavy atom. The molecule has 0 fully saturated rings. The van der Waals surface area contributed by atoms with E-state index in [1.165, 1.54) is 18.2 Å². The molecule has 4 heteroatoms. The summed E-state index contributed by atoms with van der Waals surface area (Å²) in [6, 6.07) is 8.66. The summed E-state index contributed by atoms with van der Waals surface area (Å²) in [5.74, 6) is -1.71. The van der Waals surface area contributed by atoms with E-state index in [1.807, 2.05) is 0 Å². The van der Waals surface area contributed by atoms with Crippen molar-refractivity contribution in [2.24, 2.45) is 0 Å². The van der Waals surface area contributed by atoms with Gasteiger partial charge in [0.05, 0.1) is 5.56 Å². The highest BCUT2D eigenvalue weighted by Crippen LogP contribution is 2.29. The second-order valence-corrected chi connectivity index (χ2v) is 3.99. The van der Waals surface area contributed by atoms with Crippen molar-refractivity contribution in [3.8, 4) is 16.9 Å². The number of phenols is 1. The molecule has 0 aliphatic rings. The molecule has 0 radical (unpaired) electrons. The molecule has 0 aromatic heterocycles. The summed E-state index contributed by atoms with van der Waals surface area (Å²) in [4.78, 5) is 10.9. The van der Waals surface area contributed by atoms with Gasteiger partial charge in [-0.05, 0) is 47.9 Å². The Labute approximate surface area is 103 Å². The van der Waals surface area contributed by atoms with E-state index in [1.54, 1.807) is 19.1 Å². The Hall–Kier alpha value is -2.36. The molecule has 0 heterocycles. The van der Waals surface area contributed by atoms with Crippen LogP contribution in [0.15, 0.2) is 36.4 Å². The first-order chi connectivity index (χ1) is 8.49. The smallest absolute Gasteiger partial charge is 0.335 e. The van der Waals surface area contributed by atoms with Gasteiger partial charge in [0.2, 0.25) is 0 Å². The summed E-state index contributed by atoms with van der Waals surface area (Å²) in [6.07, 6.45) is 0. The van der Waals surface area contributed by atoms with Crippen LogP contribution in [-0.4, -0.2) is 16.2 Å². The lowest BCUT2D eigenvalue weighted by Gasteiger charge is -2.09. The number of hydrogen-bond acceptors (Lipinski definition) is 2. The molecular weight excluding hydrogens is 235 g/mol. The van der Waals surface area contributed by atoms with Crippen LogP contribution in [0.2, 0.25) is 0 Å². The van der Waals surface area contributed by atoms with E-state index < -0.39 is 11.8 Å². The summed E-state index contributed by atoms with van der Waals surface area (Å²) < 4.78 is 13.7. The molecule has 0 aliphatic carbocycles. The van der Waals surface area contributed by atoms with E-state index in [2.05, 4.69) is 0 Å². The molecular formula is C14H11FO3. The number of aromatic carboxylic acids is 1. The summed E-state index contributed by atoms with van der Waals surface area (Å²) in [7, 11) is 0. The highest BCUT2D eigenvalue weighted by molar-refractivity contribution is 5.90. The van der Waals surface area contributed by atoms with Crippen LogP contribution in [0, 0.1) is 12.7 Å². The van der Waals surface area contributed by atoms with Crippen molar-refractivity contribution in [2.75, 3.05) is 0 Å². The van der Waals surface area contributed by atoms with Gasteiger partial charge in [-0.15, -0.1) is 0 Å². The molecule has 0 amide bonds. The largest absolute Gasteiger partial charge is 0.508 e. The van der Waals surface area contributed by atoms with Gasteiger partial charge in [0.1, 0.15) is 11.6 Å². The molecule has 0 bridgehead atoms. The van der Waals surface area contributed by atoms with Gasteiger partial charge in [-0.1, -0.05) is 12.1 Å². The van der Waals surface area contributed by atoms with Crippen LogP contribution < -0.4 is 0 Å². The highest BCUT2D eigenvalue weighted by Gasteiger charge is 2.13. The average Bonchev–Trinajstić information content (AvgIpc) is 2.32. The number of rotatable bonds is 2. The first-order valence-electron chi connectivity index (χ1n) is 5.32. The zero-order valence-corrected chi connectivity index (χ0v) is 9.64. The Balaban J connectivity index is 2.66. The summed E-state index contributed by atoms with van der Waals surface area (Å²) in [6.45, 7) is 1.57. The maximum atomic E-state index is 13.7. The Morgan fingerprint density at radius 2 is 1.94 bits per heavy atom. The second-order valence-electron chi connectivity index (χ2n) is 3.99. The first-order valence-corrected chi connectivity index (χ1v) is 5.32. The van der Waals surface area contributed by atoms with Crippen molar-refractivity contribution < 1.29 is 19.4 Å². The van der Waals surface area contributed by atoms with Gasteiger partial charge in [0.25, 0.3) is 0 Å². The van der Waals surface area contributed by atoms with E-state index in [-0.39, 0.29) is 11.3 Å². The van der Waals surface area contributed by atoms with Gasteiger partial charge < -0.3 is 10.2 Å². The van der Waals surface area contributed by atoms with Gasteiger partial charge >= 0.3 is 5.97 Å². The minimum atomic E-state index is -1.18. The lowest BCUT2D eigenvalue weighted by atomic mass is 9.97. The van der Waals surface area contributed by atoms with Crippen molar-refractivity contribution in [2.45, 2.75) is 6.92 Å². The molecule has 0 spiro atoms. The zero-order chi connectivity index (χ0) is 13.3. The SMILES string of the molecule is Cc1c(F)cc(C(=O)O)cc1-c1cccc(O)c1. The predicted octanol–water partition coefficient (Wildman–Crippen LogP) is 3.20. The van der Waals surface area contributed by atoms with E-state index in [4.69, 9.17) is 5.11 Å². The lowest BCUT2D eigenvalue weighted by molar-refractivity contribution is 0.0696. The van der Waals surface area contributed by atoms with Crippen LogP contribution in [0.5, 0.6) is 5.75 Å². The zero-order valence-electron chi connectivity index (χ0n) is 9.64. The minimum Gasteiger partial charge on any atom is -0.508 e. The molecule has 3 nitrogen and oxygen atoms in total. The van der Waals surface area contributed by atoms with Crippen molar-refractivity contribution in [3.63, 3.8) is 0 Å². The maximum absolute atomic E-state index is 13.7. The Morgan fingerprint density at radius 1 is 1.22 bits per heavy atom. The third-order valence-electron chi connectivity index (χ3n) is 2.75. The van der Waals surface area contributed by atoms with Crippen molar-refractivity contribution in [3.05, 3.63) is 53.3 Å². The molecule has 0 aliphatic heterocycles. The van der Waals surface area contributed by atoms with Crippen molar-refractivity contribution >= 4 is 5.97 Å². The van der Waals surface area contributed by atoms with E-state index >= 15 is 0 Å². The van der Waals surface area contributed by atoms with Gasteiger partial charge in [0, 0.05) is 0 Å². The Kier molecular flexibility index (Phi) is 3.02. The van der Waals surface area contributed by atoms with Gasteiger partial charge in [0.15, 0.2) is 0 Å². The fourth-order valence-corrected chi connectivity index (χ4v) is 1.78. The third-order valence-corrected chi connectivity index (χ3v) is 2.75. The number of halogens is 1. The van der Waals surface area contributed by atoms with E-state index in [9.17, 15) is 14.3 Å². The molecule has 18 heavy (non-hydrogen) atoms. The molecule has 0 saturated carbocycles. The van der Waals surface area contributed by atoms with Crippen LogP contribution in [0.1, 0.15) is 15.9 Å². The van der Waals surface area contributed by atoms with Crippen LogP contribution >= 0.6 is 0 Å². The fourth-order valence-electron chi connectivity index (χ4n) is 1.78. The molecule has 2 rings (SSSR count). The van der Waals surface area contributed by atoms with Crippen LogP contribution in [0.4, 0.5) is 4.39 Å². The molecule has 2 N–H and O–H groups in total. The minimum absolute atomic E-state index is 0.0491. The number of phenolic OH excluding ortho intramolecular Hbond substituents is 1. The van der Waals surface area contributed by atoms with Gasteiger partial charge in [-0.2, -0.15) is 0 Å². The number of benzene rings is 2. The number of hydrogen-bond donors (Lipinski definition) is 2. The topological polar surface area (TPSA) is 57.5 Å². The number of carbonyl (C=O) groups is 1. The summed E-state index contributed by atoms with van der Waals surface area (Å²) >= 11 is 0. The predicted molar refractivity (Wildman–Crippen MR) is 65.2 cm³/mol. The number of carboxylic acid groups (broad SMARTS) is 1. The normalized spacial score (nSPS) is 10.3. The maximum Gasteiger partial charge on any atom is 0.335 e. The van der Waals surface area contributed by atoms with E-state index in [0.717, 1.165) is 6.07 Å². The third kappa shape index (κ3) is 2.18. The van der Waals surface area contributed by atoms with Crippen molar-refractivity contribution in [1.82, 2.24) is 0 Å². The van der Waals surface area contributed by atoms with E-state index in [0.29, 0.717) is 16.7 Å².